The molecule has 0 saturated heterocycles. The van der Waals surface area contributed by atoms with Gasteiger partial charge in [-0.3, -0.25) is 9.59 Å². The Morgan fingerprint density at radius 3 is 1.48 bits per heavy atom. The minimum atomic E-state index is -0.862. The summed E-state index contributed by atoms with van der Waals surface area (Å²) in [6, 6.07) is -0.649. The van der Waals surface area contributed by atoms with Gasteiger partial charge in [-0.05, 0) is 83.5 Å². The first-order valence-corrected chi connectivity index (χ1v) is 22.9. The van der Waals surface area contributed by atoms with Crippen molar-refractivity contribution in [3.63, 3.8) is 0 Å². The fourth-order valence-electron chi connectivity index (χ4n) is 6.46. The highest BCUT2D eigenvalue weighted by Crippen LogP contribution is 2.13. The fraction of sp³-hybridized carbons (Fsp3) is 0.792. The molecule has 2 atom stereocenters. The van der Waals surface area contributed by atoms with Gasteiger partial charge in [-0.1, -0.05) is 172 Å². The lowest BCUT2D eigenvalue weighted by molar-refractivity contribution is -0.143. The Balaban J connectivity index is 3.59. The number of hydrogen-bond donors (Lipinski definition) is 3. The molecule has 0 fully saturated rings. The van der Waals surface area contributed by atoms with Crippen LogP contribution in [0.1, 0.15) is 219 Å². The van der Waals surface area contributed by atoms with Crippen LogP contribution >= 0.6 is 0 Å². The molecule has 54 heavy (non-hydrogen) atoms. The third kappa shape index (κ3) is 39.5. The van der Waals surface area contributed by atoms with E-state index in [1.807, 2.05) is 6.08 Å². The third-order valence-corrected chi connectivity index (χ3v) is 10.1. The first kappa shape index (κ1) is 51.8. The molecule has 0 aliphatic carbocycles. The van der Waals surface area contributed by atoms with E-state index in [0.29, 0.717) is 19.4 Å². The number of nitrogens with one attached hydrogen (secondary N) is 1. The minimum Gasteiger partial charge on any atom is -0.466 e. The van der Waals surface area contributed by atoms with Gasteiger partial charge >= 0.3 is 5.97 Å². The molecule has 6 heteroatoms. The molecule has 0 rings (SSSR count). The lowest BCUT2D eigenvalue weighted by atomic mass is 10.1. The molecule has 0 aromatic heterocycles. The molecule has 0 saturated carbocycles. The number of carbonyl (C=O) groups is 2. The second kappa shape index (κ2) is 43.5. The van der Waals surface area contributed by atoms with Crippen LogP contribution in [0.15, 0.2) is 48.6 Å². The Morgan fingerprint density at radius 2 is 0.944 bits per heavy atom. The van der Waals surface area contributed by atoms with Gasteiger partial charge < -0.3 is 20.3 Å². The van der Waals surface area contributed by atoms with Gasteiger partial charge in [0.2, 0.25) is 5.91 Å². The van der Waals surface area contributed by atoms with Gasteiger partial charge in [0.25, 0.3) is 0 Å². The summed E-state index contributed by atoms with van der Waals surface area (Å²) in [7, 11) is 0. The van der Waals surface area contributed by atoms with Crippen LogP contribution in [-0.4, -0.2) is 47.4 Å². The number of unbranched alkanes of at least 4 members (excludes halogenated alkanes) is 24. The Hall–Kier alpha value is -2.18. The summed E-state index contributed by atoms with van der Waals surface area (Å²) in [5, 5.41) is 22.9. The van der Waals surface area contributed by atoms with Crippen LogP contribution in [0.3, 0.4) is 0 Å². The molecule has 0 radical (unpaired) electrons. The predicted molar refractivity (Wildman–Crippen MR) is 232 cm³/mol. The molecule has 0 spiro atoms. The van der Waals surface area contributed by atoms with Crippen molar-refractivity contribution >= 4 is 11.9 Å². The van der Waals surface area contributed by atoms with Crippen molar-refractivity contribution in [2.75, 3.05) is 13.2 Å². The maximum Gasteiger partial charge on any atom is 0.305 e. The molecule has 3 N–H and O–H groups in total. The summed E-state index contributed by atoms with van der Waals surface area (Å²) in [5.41, 5.74) is 0. The number of aliphatic hydroxyl groups excluding tert-OH is 2. The van der Waals surface area contributed by atoms with Crippen LogP contribution in [0.5, 0.6) is 0 Å². The second-order valence-electron chi connectivity index (χ2n) is 15.4. The molecule has 0 aromatic carbocycles. The van der Waals surface area contributed by atoms with Crippen molar-refractivity contribution in [3.8, 4) is 0 Å². The predicted octanol–water partition coefficient (Wildman–Crippen LogP) is 13.1. The third-order valence-electron chi connectivity index (χ3n) is 10.1. The largest absolute Gasteiger partial charge is 0.466 e. The highest BCUT2D eigenvalue weighted by Gasteiger charge is 2.18. The van der Waals surface area contributed by atoms with E-state index in [0.717, 1.165) is 96.3 Å². The van der Waals surface area contributed by atoms with Crippen LogP contribution in [0.4, 0.5) is 0 Å². The van der Waals surface area contributed by atoms with Crippen molar-refractivity contribution in [3.05, 3.63) is 48.6 Å². The second-order valence-corrected chi connectivity index (χ2v) is 15.4. The molecule has 1 amide bonds. The van der Waals surface area contributed by atoms with E-state index in [1.54, 1.807) is 6.08 Å². The number of ether oxygens (including phenoxy) is 1. The maximum absolute atomic E-state index is 12.4. The van der Waals surface area contributed by atoms with Gasteiger partial charge in [-0.15, -0.1) is 0 Å². The standard InChI is InChI=1S/C48H87NO5/c1-3-5-7-9-11-13-15-17-18-22-26-30-34-38-42-48(53)54-43-39-35-31-27-23-19-21-25-29-33-37-41-47(52)49-45(44-50)46(51)40-36-32-28-24-20-16-14-12-10-8-6-4-2/h9,11,15,17,23,27,36,40,45-46,50-51H,3-8,10,12-14,16,18-22,24-26,28-35,37-39,41-44H2,1-2H3,(H,49,52)/b11-9-,17-15-,27-23-,40-36+. The topological polar surface area (TPSA) is 95.9 Å². The molecular weight excluding hydrogens is 671 g/mol. The molecule has 0 heterocycles. The van der Waals surface area contributed by atoms with Crippen molar-refractivity contribution in [1.29, 1.82) is 0 Å². The summed E-state index contributed by atoms with van der Waals surface area (Å²) < 4.78 is 5.41. The average Bonchev–Trinajstić information content (AvgIpc) is 3.17. The van der Waals surface area contributed by atoms with Crippen molar-refractivity contribution in [2.24, 2.45) is 0 Å². The van der Waals surface area contributed by atoms with Crippen LogP contribution in [-0.2, 0) is 14.3 Å². The normalized spacial score (nSPS) is 13.2. The van der Waals surface area contributed by atoms with Crippen LogP contribution in [0, 0.1) is 0 Å². The zero-order chi connectivity index (χ0) is 39.4. The van der Waals surface area contributed by atoms with E-state index in [1.165, 1.54) is 96.3 Å². The Morgan fingerprint density at radius 1 is 0.519 bits per heavy atom. The van der Waals surface area contributed by atoms with Crippen LogP contribution in [0.2, 0.25) is 0 Å². The maximum atomic E-state index is 12.4. The summed E-state index contributed by atoms with van der Waals surface area (Å²) in [5.74, 6) is -0.150. The molecule has 0 aliphatic heterocycles. The van der Waals surface area contributed by atoms with E-state index >= 15 is 0 Å². The number of rotatable bonds is 41. The van der Waals surface area contributed by atoms with Crippen molar-refractivity contribution in [1.82, 2.24) is 5.32 Å². The number of esters is 1. The number of amides is 1. The van der Waals surface area contributed by atoms with E-state index in [9.17, 15) is 19.8 Å². The highest BCUT2D eigenvalue weighted by atomic mass is 16.5. The Bertz CT molecular complexity index is 926. The van der Waals surface area contributed by atoms with Crippen LogP contribution in [0.25, 0.3) is 0 Å². The molecule has 0 aliphatic rings. The average molecular weight is 758 g/mol. The zero-order valence-corrected chi connectivity index (χ0v) is 35.4. The number of allylic oxidation sites excluding steroid dienone is 7. The lowest BCUT2D eigenvalue weighted by Crippen LogP contribution is -2.45. The first-order chi connectivity index (χ1) is 26.5. The molecule has 6 nitrogen and oxygen atoms in total. The monoisotopic (exact) mass is 758 g/mol. The first-order valence-electron chi connectivity index (χ1n) is 22.9. The lowest BCUT2D eigenvalue weighted by Gasteiger charge is -2.20. The number of hydrogen-bond acceptors (Lipinski definition) is 5. The Kier molecular flexibility index (Phi) is 41.8. The van der Waals surface area contributed by atoms with Gasteiger partial charge in [0.1, 0.15) is 0 Å². The Labute approximate surface area is 334 Å². The molecule has 314 valence electrons. The SMILES string of the molecule is CCCC/C=C\C/C=C\CCCCCCCC(=O)OCCCC/C=C\CCCCCCCC(=O)NC(CO)C(O)/C=C/CCCCCCCCCCCC. The molecule has 2 unspecified atom stereocenters. The summed E-state index contributed by atoms with van der Waals surface area (Å²) in [6.45, 7) is 4.74. The smallest absolute Gasteiger partial charge is 0.305 e. The molecule has 0 aromatic rings. The van der Waals surface area contributed by atoms with E-state index in [4.69, 9.17) is 4.74 Å². The van der Waals surface area contributed by atoms with Crippen LogP contribution < -0.4 is 5.32 Å². The fourth-order valence-corrected chi connectivity index (χ4v) is 6.46. The molecule has 0 bridgehead atoms. The van der Waals surface area contributed by atoms with E-state index in [-0.39, 0.29) is 18.5 Å². The highest BCUT2D eigenvalue weighted by molar-refractivity contribution is 5.76. The van der Waals surface area contributed by atoms with Gasteiger partial charge in [0.05, 0.1) is 25.4 Å². The van der Waals surface area contributed by atoms with E-state index < -0.39 is 12.1 Å². The van der Waals surface area contributed by atoms with Crippen molar-refractivity contribution < 1.29 is 24.5 Å². The van der Waals surface area contributed by atoms with Gasteiger partial charge in [-0.25, -0.2) is 0 Å². The van der Waals surface area contributed by atoms with Gasteiger partial charge in [0.15, 0.2) is 0 Å². The summed E-state index contributed by atoms with van der Waals surface area (Å²) >= 11 is 0. The van der Waals surface area contributed by atoms with E-state index in [2.05, 4.69) is 55.6 Å². The molecular formula is C48H87NO5. The number of carbonyl (C=O) groups excluding carboxylic acids is 2. The van der Waals surface area contributed by atoms with Crippen molar-refractivity contribution in [2.45, 2.75) is 231 Å². The summed E-state index contributed by atoms with van der Waals surface area (Å²) in [4.78, 5) is 24.3. The van der Waals surface area contributed by atoms with Gasteiger partial charge in [-0.2, -0.15) is 0 Å². The van der Waals surface area contributed by atoms with Gasteiger partial charge in [0, 0.05) is 12.8 Å². The zero-order valence-electron chi connectivity index (χ0n) is 35.4. The number of aliphatic hydroxyl groups is 2. The minimum absolute atomic E-state index is 0.0492. The summed E-state index contributed by atoms with van der Waals surface area (Å²) in [6.07, 6.45) is 52.4. The quantitative estimate of drug-likeness (QED) is 0.0328.